The zero-order chi connectivity index (χ0) is 24.8. The molecule has 184 valence electrons. The molecule has 1 amide bonds. The van der Waals surface area contributed by atoms with E-state index in [1.165, 1.54) is 24.7 Å². The minimum Gasteiger partial charge on any atom is -0.469 e. The average Bonchev–Trinajstić information content (AvgIpc) is 3.48. The van der Waals surface area contributed by atoms with Gasteiger partial charge in [-0.2, -0.15) is 0 Å². The van der Waals surface area contributed by atoms with Crippen molar-refractivity contribution in [1.29, 1.82) is 0 Å². The normalized spacial score (nSPS) is 36.6. The first-order chi connectivity index (χ1) is 15.8. The highest BCUT2D eigenvalue weighted by Gasteiger charge is 2.75. The minimum absolute atomic E-state index is 0.129. The molecule has 0 aromatic heterocycles. The van der Waals surface area contributed by atoms with E-state index in [0.717, 1.165) is 10.6 Å². The lowest BCUT2D eigenvalue weighted by Gasteiger charge is -2.71. The van der Waals surface area contributed by atoms with Crippen LogP contribution in [0.2, 0.25) is 5.02 Å². The molecular formula is C29H38ClNO3. The number of esters is 1. The third kappa shape index (κ3) is 3.31. The fourth-order valence-electron chi connectivity index (χ4n) is 7.39. The Morgan fingerprint density at radius 3 is 2.35 bits per heavy atom. The van der Waals surface area contributed by atoms with Crippen LogP contribution in [0.5, 0.6) is 0 Å². The van der Waals surface area contributed by atoms with Gasteiger partial charge in [-0.05, 0) is 71.6 Å². The van der Waals surface area contributed by atoms with Gasteiger partial charge in [-0.3, -0.25) is 9.59 Å². The Morgan fingerprint density at radius 1 is 1.21 bits per heavy atom. The zero-order valence-corrected chi connectivity index (χ0v) is 22.4. The number of hydrogen-bond acceptors (Lipinski definition) is 3. The van der Waals surface area contributed by atoms with Crippen molar-refractivity contribution in [3.8, 4) is 0 Å². The number of rotatable bonds is 5. The SMILES string of the molecule is COC(=O)C12CC(N3C=C(C(C)C)[C@](C)(c4ccc([C@@H]5C[C@H]5C(C)(C)C)c(Cl)c4)CC3=O)(C1)C2. The van der Waals surface area contributed by atoms with E-state index in [4.69, 9.17) is 16.3 Å². The fourth-order valence-corrected chi connectivity index (χ4v) is 7.71. The van der Waals surface area contributed by atoms with Gasteiger partial charge >= 0.3 is 5.97 Å². The molecule has 4 saturated carbocycles. The summed E-state index contributed by atoms with van der Waals surface area (Å²) in [7, 11) is 1.45. The summed E-state index contributed by atoms with van der Waals surface area (Å²) in [5.41, 5.74) is 2.95. The molecule has 0 unspecified atom stereocenters. The number of carbonyl (C=O) groups is 2. The van der Waals surface area contributed by atoms with Gasteiger partial charge in [0.15, 0.2) is 0 Å². The molecule has 0 saturated heterocycles. The summed E-state index contributed by atoms with van der Waals surface area (Å²) >= 11 is 6.86. The van der Waals surface area contributed by atoms with Crippen LogP contribution in [0.25, 0.3) is 0 Å². The molecule has 1 aromatic carbocycles. The number of allylic oxidation sites excluding steroid dienone is 1. The monoisotopic (exact) mass is 483 g/mol. The van der Waals surface area contributed by atoms with Gasteiger partial charge in [-0.15, -0.1) is 0 Å². The predicted molar refractivity (Wildman–Crippen MR) is 135 cm³/mol. The summed E-state index contributed by atoms with van der Waals surface area (Å²) < 4.78 is 5.00. The Labute approximate surface area is 209 Å². The van der Waals surface area contributed by atoms with Gasteiger partial charge in [0.1, 0.15) is 0 Å². The van der Waals surface area contributed by atoms with E-state index >= 15 is 0 Å². The van der Waals surface area contributed by atoms with Gasteiger partial charge in [0.25, 0.3) is 0 Å². The van der Waals surface area contributed by atoms with Crippen LogP contribution in [0, 0.1) is 22.7 Å². The Balaban J connectivity index is 1.43. The number of nitrogens with zero attached hydrogens (tertiary/aromatic N) is 1. The zero-order valence-electron chi connectivity index (χ0n) is 21.6. The Hall–Kier alpha value is -1.81. The molecule has 5 heteroatoms. The highest BCUT2D eigenvalue weighted by Crippen LogP contribution is 2.71. The van der Waals surface area contributed by atoms with Crippen LogP contribution in [0.15, 0.2) is 30.0 Å². The first-order valence-electron chi connectivity index (χ1n) is 12.7. The third-order valence-corrected chi connectivity index (χ3v) is 9.70. The van der Waals surface area contributed by atoms with E-state index < -0.39 is 0 Å². The maximum absolute atomic E-state index is 13.5. The van der Waals surface area contributed by atoms with Gasteiger partial charge in [0, 0.05) is 23.1 Å². The van der Waals surface area contributed by atoms with E-state index in [2.05, 4.69) is 65.9 Å². The summed E-state index contributed by atoms with van der Waals surface area (Å²) in [5.74, 6) is 1.50. The lowest BCUT2D eigenvalue weighted by atomic mass is 9.38. The molecule has 5 aliphatic rings. The van der Waals surface area contributed by atoms with E-state index in [0.29, 0.717) is 42.9 Å². The van der Waals surface area contributed by atoms with Crippen molar-refractivity contribution in [2.24, 2.45) is 22.7 Å². The van der Waals surface area contributed by atoms with E-state index in [-0.39, 0.29) is 34.2 Å². The second kappa shape index (κ2) is 7.35. The summed E-state index contributed by atoms with van der Waals surface area (Å²) in [6, 6.07) is 6.52. The highest BCUT2D eigenvalue weighted by molar-refractivity contribution is 6.31. The predicted octanol–water partition coefficient (Wildman–Crippen LogP) is 6.62. The summed E-state index contributed by atoms with van der Waals surface area (Å²) in [5, 5.41) is 0.827. The molecule has 34 heavy (non-hydrogen) atoms. The number of halogens is 1. The molecule has 4 aliphatic carbocycles. The molecule has 4 nitrogen and oxygen atoms in total. The molecule has 1 aliphatic heterocycles. The quantitative estimate of drug-likeness (QED) is 0.442. The molecule has 1 heterocycles. The molecule has 4 fully saturated rings. The second-order valence-corrected chi connectivity index (χ2v) is 13.5. The third-order valence-electron chi connectivity index (χ3n) is 9.37. The highest BCUT2D eigenvalue weighted by atomic mass is 35.5. The van der Waals surface area contributed by atoms with Crippen LogP contribution < -0.4 is 0 Å². The van der Waals surface area contributed by atoms with Gasteiger partial charge < -0.3 is 9.64 Å². The van der Waals surface area contributed by atoms with Crippen molar-refractivity contribution < 1.29 is 14.3 Å². The van der Waals surface area contributed by atoms with Crippen LogP contribution in [0.1, 0.15) is 90.7 Å². The molecule has 2 bridgehead atoms. The number of ether oxygens (including phenoxy) is 1. The average molecular weight is 484 g/mol. The topological polar surface area (TPSA) is 46.6 Å². The molecule has 3 atom stereocenters. The van der Waals surface area contributed by atoms with E-state index in [1.54, 1.807) is 0 Å². The van der Waals surface area contributed by atoms with Gasteiger partial charge in [0.2, 0.25) is 5.91 Å². The van der Waals surface area contributed by atoms with Gasteiger partial charge in [0.05, 0.1) is 18.1 Å². The molecule has 0 spiro atoms. The van der Waals surface area contributed by atoms with E-state index in [1.807, 2.05) is 4.90 Å². The number of benzene rings is 1. The fraction of sp³-hybridized carbons (Fsp3) is 0.655. The first kappa shape index (κ1) is 23.9. The van der Waals surface area contributed by atoms with Crippen molar-refractivity contribution in [3.05, 3.63) is 46.1 Å². The van der Waals surface area contributed by atoms with Gasteiger partial charge in [-0.1, -0.05) is 65.3 Å². The largest absolute Gasteiger partial charge is 0.469 e. The van der Waals surface area contributed by atoms with Crippen LogP contribution in [-0.2, 0) is 19.7 Å². The standard InChI is InChI=1S/C29H38ClNO3/c1-17(2)22-13-31(29-14-28(15-29,16-29)25(33)34-7)24(32)12-27(22,6)18-8-9-19(23(30)10-18)20-11-21(20)26(3,4)5/h8-10,13,17,20-21H,11-12,14-16H2,1-7H3/t20-,21+,27-,28?,29?/m0/s1. The molecule has 1 aromatic rings. The summed E-state index contributed by atoms with van der Waals surface area (Å²) in [6.45, 7) is 13.5. The number of amides is 1. The first-order valence-corrected chi connectivity index (χ1v) is 13.1. The number of carbonyl (C=O) groups excluding carboxylic acids is 2. The van der Waals surface area contributed by atoms with Crippen LogP contribution in [0.3, 0.4) is 0 Å². The van der Waals surface area contributed by atoms with Gasteiger partial charge in [-0.25, -0.2) is 0 Å². The maximum atomic E-state index is 13.5. The van der Waals surface area contributed by atoms with Crippen LogP contribution in [0.4, 0.5) is 0 Å². The van der Waals surface area contributed by atoms with Crippen molar-refractivity contribution in [2.45, 2.75) is 90.5 Å². The minimum atomic E-state index is -0.388. The molecule has 0 N–H and O–H groups in total. The lowest BCUT2D eigenvalue weighted by Crippen LogP contribution is -2.77. The number of hydrogen-bond donors (Lipinski definition) is 0. The summed E-state index contributed by atoms with van der Waals surface area (Å²) in [6.07, 6.45) is 5.87. The van der Waals surface area contributed by atoms with Crippen LogP contribution in [-0.4, -0.2) is 29.4 Å². The van der Waals surface area contributed by atoms with Crippen molar-refractivity contribution in [3.63, 3.8) is 0 Å². The lowest BCUT2D eigenvalue weighted by molar-refractivity contribution is -0.226. The van der Waals surface area contributed by atoms with Crippen molar-refractivity contribution in [2.75, 3.05) is 7.11 Å². The van der Waals surface area contributed by atoms with Crippen molar-refractivity contribution in [1.82, 2.24) is 4.90 Å². The van der Waals surface area contributed by atoms with Crippen LogP contribution >= 0.6 is 11.6 Å². The van der Waals surface area contributed by atoms with E-state index in [9.17, 15) is 9.59 Å². The number of methoxy groups -OCH3 is 1. The Kier molecular flexibility index (Phi) is 5.17. The molecule has 0 radical (unpaired) electrons. The smallest absolute Gasteiger partial charge is 0.312 e. The summed E-state index contributed by atoms with van der Waals surface area (Å²) in [4.78, 5) is 27.6. The molecule has 6 rings (SSSR count). The second-order valence-electron chi connectivity index (χ2n) is 13.1. The van der Waals surface area contributed by atoms with Crippen molar-refractivity contribution >= 4 is 23.5 Å². The maximum Gasteiger partial charge on any atom is 0.312 e. The molecular weight excluding hydrogens is 446 g/mol. The Morgan fingerprint density at radius 2 is 1.85 bits per heavy atom. The Bertz CT molecular complexity index is 1080.